The Hall–Kier alpha value is -0.660. The standard InChI is InChI=1S/C14H16ClN3OS2.ClH/c1-8-12(13(19)18-9-3-2-6-16-7-9)21-14(17-8)10-4-5-11(15)20-10;/h4-5,9,16H,2-3,6-7H2,1H3,(H,18,19);1H. The number of aryl methyl sites for hydroxylation is 1. The molecule has 4 nitrogen and oxygen atoms in total. The van der Waals surface area contributed by atoms with Crippen molar-refractivity contribution in [2.45, 2.75) is 25.8 Å². The summed E-state index contributed by atoms with van der Waals surface area (Å²) in [5.41, 5.74) is 0.779. The van der Waals surface area contributed by atoms with E-state index in [-0.39, 0.29) is 24.4 Å². The molecule has 2 aromatic rings. The van der Waals surface area contributed by atoms with Crippen LogP contribution >= 0.6 is 46.7 Å². The summed E-state index contributed by atoms with van der Waals surface area (Å²) in [6.07, 6.45) is 2.13. The van der Waals surface area contributed by atoms with Crippen molar-refractivity contribution in [3.63, 3.8) is 0 Å². The van der Waals surface area contributed by atoms with Crippen LogP contribution in [0.1, 0.15) is 28.2 Å². The Balaban J connectivity index is 0.00000176. The lowest BCUT2D eigenvalue weighted by Gasteiger charge is -2.23. The van der Waals surface area contributed by atoms with Crippen LogP contribution < -0.4 is 10.6 Å². The average Bonchev–Trinajstić information content (AvgIpc) is 3.06. The first-order chi connectivity index (χ1) is 10.1. The van der Waals surface area contributed by atoms with Gasteiger partial charge in [-0.15, -0.1) is 35.1 Å². The van der Waals surface area contributed by atoms with Crippen LogP contribution in [0.4, 0.5) is 0 Å². The van der Waals surface area contributed by atoms with Gasteiger partial charge in [-0.2, -0.15) is 0 Å². The molecule has 0 aliphatic carbocycles. The molecular formula is C14H17Cl2N3OS2. The second kappa shape index (κ2) is 7.75. The summed E-state index contributed by atoms with van der Waals surface area (Å²) in [4.78, 5) is 18.6. The lowest BCUT2D eigenvalue weighted by atomic mass is 10.1. The Morgan fingerprint density at radius 3 is 2.91 bits per heavy atom. The monoisotopic (exact) mass is 377 g/mol. The Labute approximate surface area is 148 Å². The lowest BCUT2D eigenvalue weighted by Crippen LogP contribution is -2.45. The Kier molecular flexibility index (Phi) is 6.23. The van der Waals surface area contributed by atoms with E-state index >= 15 is 0 Å². The van der Waals surface area contributed by atoms with E-state index in [0.29, 0.717) is 4.88 Å². The van der Waals surface area contributed by atoms with Gasteiger partial charge in [0.05, 0.1) is 14.9 Å². The molecule has 1 amide bonds. The number of carbonyl (C=O) groups is 1. The summed E-state index contributed by atoms with van der Waals surface area (Å²) in [6.45, 7) is 3.76. The third-order valence-electron chi connectivity index (χ3n) is 3.42. The van der Waals surface area contributed by atoms with E-state index in [1.54, 1.807) is 0 Å². The van der Waals surface area contributed by atoms with Crippen LogP contribution in [0.3, 0.4) is 0 Å². The SMILES string of the molecule is Cc1nc(-c2ccc(Cl)s2)sc1C(=O)NC1CCCNC1.Cl. The number of nitrogens with zero attached hydrogens (tertiary/aromatic N) is 1. The molecule has 22 heavy (non-hydrogen) atoms. The highest BCUT2D eigenvalue weighted by atomic mass is 35.5. The molecule has 0 radical (unpaired) electrons. The summed E-state index contributed by atoms with van der Waals surface area (Å²) < 4.78 is 0.733. The fourth-order valence-corrected chi connectivity index (χ4v) is 4.43. The molecular weight excluding hydrogens is 361 g/mol. The molecule has 1 unspecified atom stereocenters. The van der Waals surface area contributed by atoms with Gasteiger partial charge in [0.2, 0.25) is 0 Å². The molecule has 3 rings (SSSR count). The average molecular weight is 378 g/mol. The van der Waals surface area contributed by atoms with Crippen molar-refractivity contribution in [1.82, 2.24) is 15.6 Å². The summed E-state index contributed by atoms with van der Waals surface area (Å²) in [6, 6.07) is 4.01. The van der Waals surface area contributed by atoms with Crippen molar-refractivity contribution in [1.29, 1.82) is 0 Å². The van der Waals surface area contributed by atoms with Gasteiger partial charge in [-0.25, -0.2) is 4.98 Å². The van der Waals surface area contributed by atoms with E-state index < -0.39 is 0 Å². The number of rotatable bonds is 3. The highest BCUT2D eigenvalue weighted by Gasteiger charge is 2.21. The van der Waals surface area contributed by atoms with Gasteiger partial charge in [0, 0.05) is 12.6 Å². The molecule has 8 heteroatoms. The van der Waals surface area contributed by atoms with Gasteiger partial charge in [-0.1, -0.05) is 11.6 Å². The van der Waals surface area contributed by atoms with E-state index in [4.69, 9.17) is 11.6 Å². The summed E-state index contributed by atoms with van der Waals surface area (Å²) >= 11 is 8.87. The third-order valence-corrected chi connectivity index (χ3v) is 5.98. The fourth-order valence-electron chi connectivity index (χ4n) is 2.37. The molecule has 1 aliphatic heterocycles. The second-order valence-corrected chi connectivity index (χ2v) is 7.77. The van der Waals surface area contributed by atoms with Gasteiger partial charge in [-0.3, -0.25) is 4.79 Å². The summed E-state index contributed by atoms with van der Waals surface area (Å²) in [5, 5.41) is 7.25. The van der Waals surface area contributed by atoms with Crippen LogP contribution in [0.2, 0.25) is 4.34 Å². The lowest BCUT2D eigenvalue weighted by molar-refractivity contribution is 0.0934. The molecule has 2 aromatic heterocycles. The number of nitrogens with one attached hydrogen (secondary N) is 2. The number of amides is 1. The highest BCUT2D eigenvalue weighted by Crippen LogP contribution is 2.34. The van der Waals surface area contributed by atoms with Crippen LogP contribution in [0.5, 0.6) is 0 Å². The molecule has 0 spiro atoms. The minimum absolute atomic E-state index is 0. The zero-order chi connectivity index (χ0) is 14.8. The number of aromatic nitrogens is 1. The van der Waals surface area contributed by atoms with Gasteiger partial charge < -0.3 is 10.6 Å². The smallest absolute Gasteiger partial charge is 0.263 e. The number of carbonyl (C=O) groups excluding carboxylic acids is 1. The van der Waals surface area contributed by atoms with Crippen LogP contribution in [0.25, 0.3) is 9.88 Å². The summed E-state index contributed by atoms with van der Waals surface area (Å²) in [5.74, 6) is -0.0207. The molecule has 1 aliphatic rings. The van der Waals surface area contributed by atoms with Gasteiger partial charge in [0.25, 0.3) is 5.91 Å². The van der Waals surface area contributed by atoms with Crippen molar-refractivity contribution < 1.29 is 4.79 Å². The zero-order valence-electron chi connectivity index (χ0n) is 12.0. The maximum Gasteiger partial charge on any atom is 0.263 e. The Morgan fingerprint density at radius 1 is 1.45 bits per heavy atom. The fraction of sp³-hybridized carbons (Fsp3) is 0.429. The van der Waals surface area contributed by atoms with Crippen LogP contribution in [0.15, 0.2) is 12.1 Å². The van der Waals surface area contributed by atoms with Crippen molar-refractivity contribution in [3.8, 4) is 9.88 Å². The number of halogens is 2. The van der Waals surface area contributed by atoms with Crippen molar-refractivity contribution in [2.24, 2.45) is 0 Å². The molecule has 1 fully saturated rings. The maximum atomic E-state index is 12.4. The topological polar surface area (TPSA) is 54.0 Å². The molecule has 1 saturated heterocycles. The number of hydrogen-bond donors (Lipinski definition) is 2. The van der Waals surface area contributed by atoms with E-state index in [2.05, 4.69) is 15.6 Å². The van der Waals surface area contributed by atoms with Crippen molar-refractivity contribution in [2.75, 3.05) is 13.1 Å². The largest absolute Gasteiger partial charge is 0.347 e. The molecule has 0 saturated carbocycles. The van der Waals surface area contributed by atoms with E-state index in [0.717, 1.165) is 45.8 Å². The van der Waals surface area contributed by atoms with E-state index in [9.17, 15) is 4.79 Å². The predicted octanol–water partition coefficient (Wildman–Crippen LogP) is 3.74. The number of thiophene rings is 1. The first-order valence-electron chi connectivity index (χ1n) is 6.88. The molecule has 120 valence electrons. The minimum Gasteiger partial charge on any atom is -0.347 e. The molecule has 0 aromatic carbocycles. The highest BCUT2D eigenvalue weighted by molar-refractivity contribution is 7.24. The van der Waals surface area contributed by atoms with Crippen molar-refractivity contribution in [3.05, 3.63) is 27.0 Å². The van der Waals surface area contributed by atoms with E-state index in [1.807, 2.05) is 19.1 Å². The van der Waals surface area contributed by atoms with Crippen molar-refractivity contribution >= 4 is 52.6 Å². The quantitative estimate of drug-likeness (QED) is 0.856. The summed E-state index contributed by atoms with van der Waals surface area (Å²) in [7, 11) is 0. The van der Waals surface area contributed by atoms with Crippen LogP contribution in [-0.4, -0.2) is 30.0 Å². The number of thiazole rings is 1. The second-order valence-electron chi connectivity index (χ2n) is 5.05. The van der Waals surface area contributed by atoms with Crippen LogP contribution in [0, 0.1) is 6.92 Å². The molecule has 2 N–H and O–H groups in total. The third kappa shape index (κ3) is 4.00. The van der Waals surface area contributed by atoms with Gasteiger partial charge in [-0.05, 0) is 38.4 Å². The first-order valence-corrected chi connectivity index (χ1v) is 8.89. The van der Waals surface area contributed by atoms with Gasteiger partial charge >= 0.3 is 0 Å². The zero-order valence-corrected chi connectivity index (χ0v) is 15.2. The Bertz CT molecular complexity index is 650. The number of hydrogen-bond acceptors (Lipinski definition) is 5. The predicted molar refractivity (Wildman–Crippen MR) is 95.8 cm³/mol. The number of piperidine rings is 1. The minimum atomic E-state index is -0.0207. The first kappa shape index (κ1) is 17.7. The maximum absolute atomic E-state index is 12.4. The molecule has 1 atom stereocenters. The van der Waals surface area contributed by atoms with Crippen LogP contribution in [-0.2, 0) is 0 Å². The molecule has 0 bridgehead atoms. The Morgan fingerprint density at radius 2 is 2.27 bits per heavy atom. The normalized spacial score (nSPS) is 17.8. The van der Waals surface area contributed by atoms with E-state index in [1.165, 1.54) is 22.7 Å². The van der Waals surface area contributed by atoms with Gasteiger partial charge in [0.15, 0.2) is 0 Å². The molecule has 3 heterocycles. The van der Waals surface area contributed by atoms with Gasteiger partial charge in [0.1, 0.15) is 9.88 Å².